The Morgan fingerprint density at radius 3 is 2.74 bits per heavy atom. The molecule has 0 aliphatic carbocycles. The number of rotatable bonds is 7. The number of aryl methyl sites for hydroxylation is 2. The largest absolute Gasteiger partial charge is 0.480 e. The summed E-state index contributed by atoms with van der Waals surface area (Å²) in [5, 5.41) is 22.1. The smallest absolute Gasteiger partial charge is 0.325 e. The molecule has 0 aliphatic heterocycles. The maximum atomic E-state index is 11.0. The lowest BCUT2D eigenvalue weighted by atomic mass is 10.0. The fraction of sp³-hybridized carbons (Fsp3) is 0.160. The third-order valence-corrected chi connectivity index (χ3v) is 5.79. The summed E-state index contributed by atoms with van der Waals surface area (Å²) in [6.07, 6.45) is 3.18. The van der Waals surface area contributed by atoms with Gasteiger partial charge in [-0.1, -0.05) is 35.0 Å². The van der Waals surface area contributed by atoms with E-state index < -0.39 is 5.97 Å². The molecule has 0 aliphatic rings. The number of carboxylic acid groups (broad SMARTS) is 1. The molecule has 5 rings (SSSR count). The predicted molar refractivity (Wildman–Crippen MR) is 132 cm³/mol. The Kier molecular flexibility index (Phi) is 5.92. The first-order valence-electron chi connectivity index (χ1n) is 10.9. The molecule has 0 fully saturated rings. The molecule has 0 saturated heterocycles. The monoisotopic (exact) mass is 488 g/mol. The highest BCUT2D eigenvalue weighted by molar-refractivity contribution is 6.30. The topological polar surface area (TPSA) is 119 Å². The Morgan fingerprint density at radius 1 is 1.14 bits per heavy atom. The number of hydrogen-bond acceptors (Lipinski definition) is 7. The van der Waals surface area contributed by atoms with Crippen molar-refractivity contribution < 1.29 is 14.4 Å². The molecule has 5 aromatic rings. The van der Waals surface area contributed by atoms with Gasteiger partial charge in [0.05, 0.1) is 23.0 Å². The highest BCUT2D eigenvalue weighted by Crippen LogP contribution is 2.32. The third-order valence-electron chi connectivity index (χ3n) is 5.56. The van der Waals surface area contributed by atoms with Crippen LogP contribution in [0.1, 0.15) is 17.0 Å². The SMILES string of the molecule is Cc1noc(C)c1-c1ccc2nc(-c3cnn(CC(=O)O)c3)nc(NCc3cccc(Cl)c3)c2c1. The zero-order valence-electron chi connectivity index (χ0n) is 19.0. The molecular formula is C25H21ClN6O3. The molecule has 3 aromatic heterocycles. The van der Waals surface area contributed by atoms with Crippen molar-refractivity contribution >= 4 is 34.3 Å². The second-order valence-electron chi connectivity index (χ2n) is 8.13. The minimum atomic E-state index is -0.977. The summed E-state index contributed by atoms with van der Waals surface area (Å²) >= 11 is 6.15. The molecule has 176 valence electrons. The highest BCUT2D eigenvalue weighted by atomic mass is 35.5. The van der Waals surface area contributed by atoms with Crippen LogP contribution in [-0.4, -0.2) is 36.0 Å². The van der Waals surface area contributed by atoms with Gasteiger partial charge in [0.15, 0.2) is 5.82 Å². The van der Waals surface area contributed by atoms with Crippen LogP contribution in [0.3, 0.4) is 0 Å². The van der Waals surface area contributed by atoms with Crippen LogP contribution >= 0.6 is 11.6 Å². The van der Waals surface area contributed by atoms with Crippen molar-refractivity contribution in [3.05, 3.63) is 76.9 Å². The summed E-state index contributed by atoms with van der Waals surface area (Å²) in [4.78, 5) is 20.5. The number of halogens is 1. The molecular weight excluding hydrogens is 468 g/mol. The van der Waals surface area contributed by atoms with Crippen molar-refractivity contribution in [1.82, 2.24) is 24.9 Å². The Hall–Kier alpha value is -4.24. The highest BCUT2D eigenvalue weighted by Gasteiger charge is 2.16. The molecule has 0 atom stereocenters. The van der Waals surface area contributed by atoms with Crippen LogP contribution in [0.25, 0.3) is 33.4 Å². The maximum absolute atomic E-state index is 11.0. The van der Waals surface area contributed by atoms with E-state index in [9.17, 15) is 4.79 Å². The zero-order valence-corrected chi connectivity index (χ0v) is 19.7. The lowest BCUT2D eigenvalue weighted by molar-refractivity contribution is -0.137. The summed E-state index contributed by atoms with van der Waals surface area (Å²) in [7, 11) is 0. The Balaban J connectivity index is 1.60. The number of benzene rings is 2. The van der Waals surface area contributed by atoms with Crippen molar-refractivity contribution in [2.45, 2.75) is 26.9 Å². The first-order chi connectivity index (χ1) is 16.9. The number of aliphatic carboxylic acids is 1. The summed E-state index contributed by atoms with van der Waals surface area (Å²) in [6.45, 7) is 4.04. The zero-order chi connectivity index (χ0) is 24.5. The average molecular weight is 489 g/mol. The van der Waals surface area contributed by atoms with Gasteiger partial charge in [-0.3, -0.25) is 9.48 Å². The first kappa shape index (κ1) is 22.5. The molecule has 0 unspecified atom stereocenters. The molecule has 0 radical (unpaired) electrons. The Morgan fingerprint density at radius 2 is 2.00 bits per heavy atom. The summed E-state index contributed by atoms with van der Waals surface area (Å²) < 4.78 is 6.69. The van der Waals surface area contributed by atoms with E-state index in [0.717, 1.165) is 39.0 Å². The maximum Gasteiger partial charge on any atom is 0.325 e. The molecule has 0 amide bonds. The Labute approximate surface area is 205 Å². The van der Waals surface area contributed by atoms with Crippen molar-refractivity contribution in [3.63, 3.8) is 0 Å². The van der Waals surface area contributed by atoms with E-state index in [1.807, 2.05) is 56.3 Å². The van der Waals surface area contributed by atoms with Gasteiger partial charge >= 0.3 is 5.97 Å². The minimum absolute atomic E-state index is 0.242. The number of nitrogens with zero attached hydrogens (tertiary/aromatic N) is 5. The number of carboxylic acids is 1. The van der Waals surface area contributed by atoms with E-state index in [-0.39, 0.29) is 6.54 Å². The van der Waals surface area contributed by atoms with Crippen LogP contribution in [0, 0.1) is 13.8 Å². The summed E-state index contributed by atoms with van der Waals surface area (Å²) in [6, 6.07) is 13.5. The van der Waals surface area contributed by atoms with Crippen LogP contribution in [0.4, 0.5) is 5.82 Å². The van der Waals surface area contributed by atoms with Crippen LogP contribution in [0.15, 0.2) is 59.4 Å². The second-order valence-corrected chi connectivity index (χ2v) is 8.57. The molecule has 3 heterocycles. The molecule has 35 heavy (non-hydrogen) atoms. The number of hydrogen-bond donors (Lipinski definition) is 2. The van der Waals surface area contributed by atoms with Crippen LogP contribution in [0.5, 0.6) is 0 Å². The van der Waals surface area contributed by atoms with E-state index in [2.05, 4.69) is 15.6 Å². The molecule has 2 N–H and O–H groups in total. The van der Waals surface area contributed by atoms with Gasteiger partial charge < -0.3 is 14.9 Å². The molecule has 0 bridgehead atoms. The van der Waals surface area contributed by atoms with Crippen molar-refractivity contribution in [1.29, 1.82) is 0 Å². The van der Waals surface area contributed by atoms with Gasteiger partial charge in [0, 0.05) is 28.7 Å². The average Bonchev–Trinajstić information content (AvgIpc) is 3.42. The first-order valence-corrected chi connectivity index (χ1v) is 11.2. The molecule has 9 nitrogen and oxygen atoms in total. The lowest BCUT2D eigenvalue weighted by Gasteiger charge is -2.12. The fourth-order valence-corrected chi connectivity index (χ4v) is 4.19. The van der Waals surface area contributed by atoms with E-state index in [1.165, 1.54) is 4.68 Å². The van der Waals surface area contributed by atoms with Crippen molar-refractivity contribution in [2.24, 2.45) is 0 Å². The Bertz CT molecular complexity index is 1540. The van der Waals surface area contributed by atoms with E-state index in [1.54, 1.807) is 12.4 Å². The lowest BCUT2D eigenvalue weighted by Crippen LogP contribution is -2.08. The standard InChI is InChI=1S/C25H21ClN6O3/c1-14-23(15(2)35-31-14)17-6-7-21-20(9-17)25(27-10-16-4-3-5-19(26)8-16)30-24(29-21)18-11-28-32(12-18)13-22(33)34/h3-9,11-12H,10,13H2,1-2H3,(H,33,34)(H,27,29,30). The third kappa shape index (κ3) is 4.71. The van der Waals surface area contributed by atoms with Gasteiger partial charge in [-0.05, 0) is 49.2 Å². The minimum Gasteiger partial charge on any atom is -0.480 e. The number of carbonyl (C=O) groups is 1. The van der Waals surface area contributed by atoms with Crippen molar-refractivity contribution in [2.75, 3.05) is 5.32 Å². The van der Waals surface area contributed by atoms with Crippen LogP contribution < -0.4 is 5.32 Å². The fourth-order valence-electron chi connectivity index (χ4n) is 3.98. The van der Waals surface area contributed by atoms with Crippen LogP contribution in [-0.2, 0) is 17.9 Å². The van der Waals surface area contributed by atoms with E-state index in [0.29, 0.717) is 28.8 Å². The number of aromatic nitrogens is 5. The molecule has 2 aromatic carbocycles. The van der Waals surface area contributed by atoms with Gasteiger partial charge in [-0.2, -0.15) is 5.10 Å². The summed E-state index contributed by atoms with van der Waals surface area (Å²) in [5.41, 5.74) is 5.04. The predicted octanol–water partition coefficient (Wildman–Crippen LogP) is 5.12. The number of anilines is 1. The second kappa shape index (κ2) is 9.19. The normalized spacial score (nSPS) is 11.2. The van der Waals surface area contributed by atoms with E-state index in [4.69, 9.17) is 31.2 Å². The van der Waals surface area contributed by atoms with Crippen molar-refractivity contribution in [3.8, 4) is 22.5 Å². The van der Waals surface area contributed by atoms with Gasteiger partial charge in [-0.15, -0.1) is 0 Å². The molecule has 0 spiro atoms. The van der Waals surface area contributed by atoms with E-state index >= 15 is 0 Å². The van der Waals surface area contributed by atoms with Gasteiger partial charge in [0.1, 0.15) is 18.1 Å². The van der Waals surface area contributed by atoms with Crippen LogP contribution in [0.2, 0.25) is 5.02 Å². The number of nitrogens with one attached hydrogen (secondary N) is 1. The van der Waals surface area contributed by atoms with Gasteiger partial charge in [-0.25, -0.2) is 9.97 Å². The molecule has 0 saturated carbocycles. The van der Waals surface area contributed by atoms with Gasteiger partial charge in [0.2, 0.25) is 0 Å². The molecule has 10 heteroatoms. The van der Waals surface area contributed by atoms with Gasteiger partial charge in [0.25, 0.3) is 0 Å². The quantitative estimate of drug-likeness (QED) is 0.324. The summed E-state index contributed by atoms with van der Waals surface area (Å²) in [5.74, 6) is 0.825. The number of fused-ring (bicyclic) bond motifs is 1.